The molecule has 0 spiro atoms. The van der Waals surface area contributed by atoms with Gasteiger partial charge in [-0.3, -0.25) is 4.90 Å². The van der Waals surface area contributed by atoms with Crippen molar-refractivity contribution in [2.24, 2.45) is 0 Å². The van der Waals surface area contributed by atoms with Gasteiger partial charge in [-0.05, 0) is 31.7 Å². The zero-order chi connectivity index (χ0) is 14.5. The molecule has 0 fully saturated rings. The van der Waals surface area contributed by atoms with Crippen LogP contribution in [0.2, 0.25) is 0 Å². The third kappa shape index (κ3) is 3.87. The zero-order valence-corrected chi connectivity index (χ0v) is 12.4. The number of hydrogen-bond acceptors (Lipinski definition) is 5. The summed E-state index contributed by atoms with van der Waals surface area (Å²) in [5.41, 5.74) is 2.46. The fourth-order valence-corrected chi connectivity index (χ4v) is 2.80. The van der Waals surface area contributed by atoms with Crippen molar-refractivity contribution < 1.29 is 5.11 Å². The third-order valence-corrected chi connectivity index (χ3v) is 3.93. The normalized spacial score (nSPS) is 12.3. The molecule has 2 rings (SSSR count). The quantitative estimate of drug-likeness (QED) is 0.918. The van der Waals surface area contributed by atoms with Crippen LogP contribution in [0.25, 0.3) is 0 Å². The van der Waals surface area contributed by atoms with Crippen molar-refractivity contribution in [2.75, 3.05) is 13.6 Å². The van der Waals surface area contributed by atoms with Gasteiger partial charge in [-0.25, -0.2) is 4.98 Å². The first-order chi connectivity index (χ1) is 9.58. The number of aliphatic hydroxyl groups excluding tert-OH is 1. The Bertz CT molecular complexity index is 600. The van der Waals surface area contributed by atoms with Crippen molar-refractivity contribution in [3.8, 4) is 6.07 Å². The summed E-state index contributed by atoms with van der Waals surface area (Å²) in [6, 6.07) is 9.11. The van der Waals surface area contributed by atoms with E-state index in [2.05, 4.69) is 11.1 Å². The molecule has 0 aliphatic carbocycles. The van der Waals surface area contributed by atoms with Crippen molar-refractivity contribution >= 4 is 11.3 Å². The first kappa shape index (κ1) is 14.7. The number of aryl methyl sites for hydroxylation is 1. The minimum absolute atomic E-state index is 0.532. The SMILES string of the molecule is Cc1csc(CN(C)CC(O)c2ccc(C#N)cc2)n1. The topological polar surface area (TPSA) is 60.1 Å². The van der Waals surface area contributed by atoms with E-state index in [9.17, 15) is 5.11 Å². The molecule has 0 aliphatic heterocycles. The number of nitrogens with zero attached hydrogens (tertiary/aromatic N) is 3. The number of thiazole rings is 1. The van der Waals surface area contributed by atoms with Crippen molar-refractivity contribution in [1.29, 1.82) is 5.26 Å². The highest BCUT2D eigenvalue weighted by Crippen LogP contribution is 2.17. The second-order valence-corrected chi connectivity index (χ2v) is 5.77. The Balaban J connectivity index is 1.92. The van der Waals surface area contributed by atoms with Gasteiger partial charge in [-0.15, -0.1) is 11.3 Å². The molecule has 20 heavy (non-hydrogen) atoms. The maximum absolute atomic E-state index is 10.2. The van der Waals surface area contributed by atoms with E-state index in [0.29, 0.717) is 12.1 Å². The maximum Gasteiger partial charge on any atom is 0.107 e. The predicted octanol–water partition coefficient (Wildman–Crippen LogP) is 2.49. The van der Waals surface area contributed by atoms with Crippen LogP contribution in [-0.4, -0.2) is 28.6 Å². The van der Waals surface area contributed by atoms with Crippen LogP contribution in [0.15, 0.2) is 29.6 Å². The standard InChI is InChI=1S/C15H17N3OS/c1-11-10-20-15(17-11)9-18(2)8-14(19)13-5-3-12(7-16)4-6-13/h3-6,10,14,19H,8-9H2,1-2H3. The van der Waals surface area contributed by atoms with E-state index in [1.165, 1.54) is 0 Å². The zero-order valence-electron chi connectivity index (χ0n) is 11.6. The van der Waals surface area contributed by atoms with Gasteiger partial charge in [-0.2, -0.15) is 5.26 Å². The fourth-order valence-electron chi connectivity index (χ4n) is 1.95. The highest BCUT2D eigenvalue weighted by Gasteiger charge is 2.12. The highest BCUT2D eigenvalue weighted by molar-refractivity contribution is 7.09. The lowest BCUT2D eigenvalue weighted by Crippen LogP contribution is -2.24. The van der Waals surface area contributed by atoms with E-state index in [4.69, 9.17) is 5.26 Å². The molecular formula is C15H17N3OS. The van der Waals surface area contributed by atoms with Gasteiger partial charge in [0.05, 0.1) is 24.3 Å². The number of nitriles is 1. The average molecular weight is 287 g/mol. The minimum atomic E-state index is -0.561. The van der Waals surface area contributed by atoms with Crippen molar-refractivity contribution in [3.63, 3.8) is 0 Å². The molecule has 1 N–H and O–H groups in total. The van der Waals surface area contributed by atoms with E-state index >= 15 is 0 Å². The van der Waals surface area contributed by atoms with Gasteiger partial charge in [-0.1, -0.05) is 12.1 Å². The summed E-state index contributed by atoms with van der Waals surface area (Å²) >= 11 is 1.64. The van der Waals surface area contributed by atoms with Gasteiger partial charge in [0.2, 0.25) is 0 Å². The molecule has 2 aromatic rings. The molecule has 0 amide bonds. The predicted molar refractivity (Wildman–Crippen MR) is 79.3 cm³/mol. The summed E-state index contributed by atoms with van der Waals surface area (Å²) in [5, 5.41) is 22.0. The monoisotopic (exact) mass is 287 g/mol. The summed E-state index contributed by atoms with van der Waals surface area (Å²) in [6.45, 7) is 3.24. The van der Waals surface area contributed by atoms with Crippen LogP contribution in [0.5, 0.6) is 0 Å². The molecule has 0 radical (unpaired) electrons. The van der Waals surface area contributed by atoms with Gasteiger partial charge in [0.1, 0.15) is 5.01 Å². The van der Waals surface area contributed by atoms with E-state index in [0.717, 1.165) is 22.8 Å². The van der Waals surface area contributed by atoms with Crippen LogP contribution < -0.4 is 0 Å². The maximum atomic E-state index is 10.2. The number of hydrogen-bond donors (Lipinski definition) is 1. The van der Waals surface area contributed by atoms with Gasteiger partial charge in [0.15, 0.2) is 0 Å². The second kappa shape index (κ2) is 6.62. The van der Waals surface area contributed by atoms with E-state index in [1.54, 1.807) is 35.6 Å². The number of benzene rings is 1. The number of rotatable bonds is 5. The van der Waals surface area contributed by atoms with Crippen molar-refractivity contribution in [2.45, 2.75) is 19.6 Å². The molecule has 1 aromatic heterocycles. The van der Waals surface area contributed by atoms with Gasteiger partial charge >= 0.3 is 0 Å². The minimum Gasteiger partial charge on any atom is -0.387 e. The Hall–Kier alpha value is -1.74. The Labute approximate surface area is 122 Å². The van der Waals surface area contributed by atoms with Crippen LogP contribution in [0.4, 0.5) is 0 Å². The summed E-state index contributed by atoms with van der Waals surface area (Å²) in [6.07, 6.45) is -0.561. The molecule has 0 bridgehead atoms. The first-order valence-corrected chi connectivity index (χ1v) is 7.24. The van der Waals surface area contributed by atoms with Gasteiger partial charge in [0.25, 0.3) is 0 Å². The van der Waals surface area contributed by atoms with E-state index < -0.39 is 6.10 Å². The van der Waals surface area contributed by atoms with Gasteiger partial charge in [0, 0.05) is 17.6 Å². The smallest absolute Gasteiger partial charge is 0.107 e. The van der Waals surface area contributed by atoms with E-state index in [1.807, 2.05) is 24.3 Å². The first-order valence-electron chi connectivity index (χ1n) is 6.36. The lowest BCUT2D eigenvalue weighted by molar-refractivity contribution is 0.124. The lowest BCUT2D eigenvalue weighted by atomic mass is 10.1. The molecule has 1 atom stereocenters. The molecule has 104 valence electrons. The largest absolute Gasteiger partial charge is 0.387 e. The highest BCUT2D eigenvalue weighted by atomic mass is 32.1. The summed E-state index contributed by atoms with van der Waals surface area (Å²) < 4.78 is 0. The van der Waals surface area contributed by atoms with Crippen LogP contribution in [-0.2, 0) is 6.54 Å². The molecule has 1 heterocycles. The molecular weight excluding hydrogens is 270 g/mol. The fraction of sp³-hybridized carbons (Fsp3) is 0.333. The summed E-state index contributed by atoms with van der Waals surface area (Å²) in [4.78, 5) is 6.46. The molecule has 1 aromatic carbocycles. The summed E-state index contributed by atoms with van der Waals surface area (Å²) in [7, 11) is 1.96. The summed E-state index contributed by atoms with van der Waals surface area (Å²) in [5.74, 6) is 0. The van der Waals surface area contributed by atoms with Crippen LogP contribution >= 0.6 is 11.3 Å². The Kier molecular flexibility index (Phi) is 4.85. The second-order valence-electron chi connectivity index (χ2n) is 4.83. The van der Waals surface area contributed by atoms with Crippen molar-refractivity contribution in [3.05, 3.63) is 51.5 Å². The number of aromatic nitrogens is 1. The van der Waals surface area contributed by atoms with Crippen LogP contribution in [0, 0.1) is 18.3 Å². The molecule has 0 saturated heterocycles. The average Bonchev–Trinajstić information content (AvgIpc) is 2.84. The molecule has 0 aliphatic rings. The van der Waals surface area contributed by atoms with Crippen molar-refractivity contribution in [1.82, 2.24) is 9.88 Å². The molecule has 5 heteroatoms. The third-order valence-electron chi connectivity index (χ3n) is 2.98. The van der Waals surface area contributed by atoms with Crippen LogP contribution in [0.1, 0.15) is 27.9 Å². The molecule has 0 saturated carbocycles. The lowest BCUT2D eigenvalue weighted by Gasteiger charge is -2.19. The molecule has 4 nitrogen and oxygen atoms in total. The number of likely N-dealkylation sites (N-methyl/N-ethyl adjacent to an activating group) is 1. The van der Waals surface area contributed by atoms with Crippen LogP contribution in [0.3, 0.4) is 0 Å². The Morgan fingerprint density at radius 2 is 2.10 bits per heavy atom. The van der Waals surface area contributed by atoms with E-state index in [-0.39, 0.29) is 0 Å². The Morgan fingerprint density at radius 1 is 1.40 bits per heavy atom. The Morgan fingerprint density at radius 3 is 2.65 bits per heavy atom. The molecule has 1 unspecified atom stereocenters. The number of aliphatic hydroxyl groups is 1. The van der Waals surface area contributed by atoms with Gasteiger partial charge < -0.3 is 5.11 Å².